The molecule has 1 aromatic carbocycles. The lowest BCUT2D eigenvalue weighted by molar-refractivity contribution is 0.272. The van der Waals surface area contributed by atoms with Crippen LogP contribution in [0.25, 0.3) is 0 Å². The quantitative estimate of drug-likeness (QED) is 0.754. The molecule has 0 amide bonds. The van der Waals surface area contributed by atoms with Gasteiger partial charge in [-0.1, -0.05) is 32.9 Å². The van der Waals surface area contributed by atoms with E-state index >= 15 is 0 Å². The average molecular weight is 291 g/mol. The third kappa shape index (κ3) is 5.74. The summed E-state index contributed by atoms with van der Waals surface area (Å²) in [6, 6.07) is 7.83. The minimum Gasteiger partial charge on any atom is -0.493 e. The van der Waals surface area contributed by atoms with Crippen molar-refractivity contribution < 1.29 is 13.2 Å². The van der Waals surface area contributed by atoms with Crippen LogP contribution >= 0.6 is 10.7 Å². The summed E-state index contributed by atoms with van der Waals surface area (Å²) in [6.45, 7) is 6.39. The van der Waals surface area contributed by atoms with Crippen LogP contribution in [0.1, 0.15) is 32.3 Å². The molecule has 1 rings (SSSR count). The summed E-state index contributed by atoms with van der Waals surface area (Å²) >= 11 is 0. The minimum absolute atomic E-state index is 0.0708. The van der Waals surface area contributed by atoms with Gasteiger partial charge < -0.3 is 4.74 Å². The van der Waals surface area contributed by atoms with Gasteiger partial charge in [0.25, 0.3) is 0 Å². The van der Waals surface area contributed by atoms with Crippen molar-refractivity contribution in [3.8, 4) is 5.75 Å². The van der Waals surface area contributed by atoms with Crippen molar-refractivity contribution in [2.24, 2.45) is 5.92 Å². The monoisotopic (exact) mass is 290 g/mol. The van der Waals surface area contributed by atoms with E-state index in [1.54, 1.807) is 6.92 Å². The topological polar surface area (TPSA) is 43.4 Å². The molecule has 3 nitrogen and oxygen atoms in total. The normalized spacial score (nSPS) is 13.6. The van der Waals surface area contributed by atoms with Crippen molar-refractivity contribution >= 4 is 19.7 Å². The van der Waals surface area contributed by atoms with E-state index in [9.17, 15) is 8.42 Å². The first-order chi connectivity index (χ1) is 8.28. The van der Waals surface area contributed by atoms with Gasteiger partial charge in [0.15, 0.2) is 0 Å². The van der Waals surface area contributed by atoms with Gasteiger partial charge in [0.1, 0.15) is 5.75 Å². The first-order valence-electron chi connectivity index (χ1n) is 5.93. The van der Waals surface area contributed by atoms with Crippen LogP contribution in [0.5, 0.6) is 5.75 Å². The van der Waals surface area contributed by atoms with E-state index in [4.69, 9.17) is 15.4 Å². The molecule has 1 aromatic rings. The molecule has 0 saturated carbocycles. The van der Waals surface area contributed by atoms with Crippen LogP contribution < -0.4 is 4.74 Å². The molecular weight excluding hydrogens is 272 g/mol. The molecule has 0 saturated heterocycles. The predicted octanol–water partition coefficient (Wildman–Crippen LogP) is 3.39. The molecule has 1 unspecified atom stereocenters. The van der Waals surface area contributed by atoms with Crippen LogP contribution in [-0.4, -0.2) is 20.8 Å². The van der Waals surface area contributed by atoms with Crippen LogP contribution in [0.2, 0.25) is 0 Å². The summed E-state index contributed by atoms with van der Waals surface area (Å²) in [6.07, 6.45) is 0. The molecule has 0 aliphatic rings. The van der Waals surface area contributed by atoms with Crippen LogP contribution in [0, 0.1) is 5.92 Å². The molecule has 0 radical (unpaired) electrons. The third-order valence-electron chi connectivity index (χ3n) is 2.56. The van der Waals surface area contributed by atoms with Crippen molar-refractivity contribution in [2.75, 3.05) is 12.4 Å². The molecule has 102 valence electrons. The molecule has 5 heteroatoms. The summed E-state index contributed by atoms with van der Waals surface area (Å²) in [7, 11) is 1.73. The zero-order valence-electron chi connectivity index (χ0n) is 10.9. The average Bonchev–Trinajstić information content (AvgIpc) is 2.24. The second-order valence-electron chi connectivity index (χ2n) is 4.85. The van der Waals surface area contributed by atoms with Crippen LogP contribution in [0.3, 0.4) is 0 Å². The van der Waals surface area contributed by atoms with Gasteiger partial charge in [0, 0.05) is 16.6 Å². The fourth-order valence-electron chi connectivity index (χ4n) is 1.58. The Morgan fingerprint density at radius 2 is 1.72 bits per heavy atom. The molecule has 18 heavy (non-hydrogen) atoms. The van der Waals surface area contributed by atoms with E-state index in [0.29, 0.717) is 12.5 Å². The maximum atomic E-state index is 10.9. The van der Waals surface area contributed by atoms with E-state index in [-0.39, 0.29) is 11.7 Å². The Hall–Kier alpha value is -0.740. The van der Waals surface area contributed by atoms with Crippen LogP contribution in [-0.2, 0) is 9.05 Å². The lowest BCUT2D eigenvalue weighted by Gasteiger charge is -2.12. The van der Waals surface area contributed by atoms with Gasteiger partial charge in [-0.3, -0.25) is 0 Å². The number of ether oxygens (including phenoxy) is 1. The van der Waals surface area contributed by atoms with Crippen molar-refractivity contribution in [1.29, 1.82) is 0 Å². The number of hydrogen-bond donors (Lipinski definition) is 0. The molecule has 0 bridgehead atoms. The maximum Gasteiger partial charge on any atom is 0.232 e. The van der Waals surface area contributed by atoms with Gasteiger partial charge in [0.2, 0.25) is 9.05 Å². The van der Waals surface area contributed by atoms with Gasteiger partial charge in [-0.25, -0.2) is 8.42 Å². The Labute approximate surface area is 114 Å². The van der Waals surface area contributed by atoms with Crippen LogP contribution in [0.15, 0.2) is 24.3 Å². The fraction of sp³-hybridized carbons (Fsp3) is 0.538. The Balaban J connectivity index is 2.49. The molecule has 0 aliphatic carbocycles. The van der Waals surface area contributed by atoms with Crippen molar-refractivity contribution in [2.45, 2.75) is 26.7 Å². The molecule has 0 fully saturated rings. The zero-order valence-corrected chi connectivity index (χ0v) is 12.5. The van der Waals surface area contributed by atoms with Crippen molar-refractivity contribution in [1.82, 2.24) is 0 Å². The second kappa shape index (κ2) is 6.43. The highest BCUT2D eigenvalue weighted by Crippen LogP contribution is 2.19. The highest BCUT2D eigenvalue weighted by atomic mass is 35.7. The maximum absolute atomic E-state index is 10.9. The molecule has 0 N–H and O–H groups in total. The van der Waals surface area contributed by atoms with E-state index in [1.807, 2.05) is 24.3 Å². The second-order valence-corrected chi connectivity index (χ2v) is 7.67. The van der Waals surface area contributed by atoms with E-state index in [2.05, 4.69) is 13.8 Å². The lowest BCUT2D eigenvalue weighted by atomic mass is 10.0. The van der Waals surface area contributed by atoms with Gasteiger partial charge in [-0.05, 0) is 23.6 Å². The highest BCUT2D eigenvalue weighted by molar-refractivity contribution is 8.13. The number of rotatable bonds is 6. The van der Waals surface area contributed by atoms with Crippen molar-refractivity contribution in [3.05, 3.63) is 29.8 Å². The Kier molecular flexibility index (Phi) is 5.47. The zero-order chi connectivity index (χ0) is 13.8. The summed E-state index contributed by atoms with van der Waals surface area (Å²) in [5, 5.41) is 0. The minimum atomic E-state index is -3.45. The van der Waals surface area contributed by atoms with Gasteiger partial charge in [0.05, 0.1) is 12.4 Å². The molecular formula is C13H19ClO3S. The third-order valence-corrected chi connectivity index (χ3v) is 3.91. The Morgan fingerprint density at radius 1 is 1.17 bits per heavy atom. The van der Waals surface area contributed by atoms with E-state index < -0.39 is 9.05 Å². The summed E-state index contributed by atoms with van der Waals surface area (Å²) < 4.78 is 27.3. The first kappa shape index (κ1) is 15.3. The van der Waals surface area contributed by atoms with E-state index in [0.717, 1.165) is 5.75 Å². The molecule has 0 aliphatic heterocycles. The summed E-state index contributed by atoms with van der Waals surface area (Å²) in [4.78, 5) is 0. The number of benzene rings is 1. The smallest absolute Gasteiger partial charge is 0.232 e. The van der Waals surface area contributed by atoms with Gasteiger partial charge >= 0.3 is 0 Å². The lowest BCUT2D eigenvalue weighted by Crippen LogP contribution is -2.16. The molecule has 0 heterocycles. The fourth-order valence-corrected chi connectivity index (χ4v) is 3.00. The summed E-state index contributed by atoms with van der Waals surface area (Å²) in [5.41, 5.74) is 1.25. The Bertz CT molecular complexity index is 466. The van der Waals surface area contributed by atoms with Crippen LogP contribution in [0.4, 0.5) is 0 Å². The Morgan fingerprint density at radius 3 is 2.17 bits per heavy atom. The van der Waals surface area contributed by atoms with Gasteiger partial charge in [-0.2, -0.15) is 0 Å². The largest absolute Gasteiger partial charge is 0.493 e. The summed E-state index contributed by atoms with van der Waals surface area (Å²) in [5.74, 6) is 1.04. The predicted molar refractivity (Wildman–Crippen MR) is 74.8 cm³/mol. The van der Waals surface area contributed by atoms with Gasteiger partial charge in [-0.15, -0.1) is 0 Å². The molecule has 0 aromatic heterocycles. The number of hydrogen-bond acceptors (Lipinski definition) is 3. The molecule has 1 atom stereocenters. The standard InChI is InChI=1S/C13H19ClO3S/c1-10(2)12-4-6-13(7-5-12)17-8-11(3)9-18(14,15)16/h4-7,10-11H,8-9H2,1-3H3. The molecule has 0 spiro atoms. The SMILES string of the molecule is CC(COc1ccc(C(C)C)cc1)CS(=O)(=O)Cl. The highest BCUT2D eigenvalue weighted by Gasteiger charge is 2.13. The first-order valence-corrected chi connectivity index (χ1v) is 8.41. The van der Waals surface area contributed by atoms with Crippen molar-refractivity contribution in [3.63, 3.8) is 0 Å². The number of halogens is 1. The van der Waals surface area contributed by atoms with E-state index in [1.165, 1.54) is 5.56 Å².